The minimum Gasteiger partial charge on any atom is -0.251 e. The first-order valence-electron chi connectivity index (χ1n) is 19.0. The predicted molar refractivity (Wildman–Crippen MR) is 208 cm³/mol. The molecule has 3 heteroatoms. The van der Waals surface area contributed by atoms with Crippen LogP contribution in [-0.2, 0) is 33.3 Å². The summed E-state index contributed by atoms with van der Waals surface area (Å²) >= 11 is 0. The molecule has 0 aliphatic carbocycles. The van der Waals surface area contributed by atoms with Gasteiger partial charge < -0.3 is 0 Å². The molecule has 0 N–H and O–H groups in total. The van der Waals surface area contributed by atoms with Gasteiger partial charge in [0.2, 0.25) is 0 Å². The first-order chi connectivity index (χ1) is 22.7. The van der Waals surface area contributed by atoms with Gasteiger partial charge in [0.1, 0.15) is 0 Å². The smallest absolute Gasteiger partial charge is 0.0848 e. The van der Waals surface area contributed by atoms with Crippen LogP contribution in [0.5, 0.6) is 0 Å². The fraction of sp³-hybridized carbons (Fsp3) is 0.545. The Bertz CT molecular complexity index is 1200. The first-order valence-corrected chi connectivity index (χ1v) is 19.0. The second-order valence-electron chi connectivity index (χ2n) is 12.7. The van der Waals surface area contributed by atoms with Gasteiger partial charge in [-0.05, 0) is 106 Å². The molecule has 0 saturated heterocycles. The third kappa shape index (κ3) is 19.9. The maximum atomic E-state index is 5.43. The molecular weight excluding hydrogens is 663 g/mol. The van der Waals surface area contributed by atoms with Crippen molar-refractivity contribution in [2.75, 3.05) is 0 Å². The molecule has 0 saturated carbocycles. The molecule has 0 unspecified atom stereocenters. The van der Waals surface area contributed by atoms with Crippen LogP contribution in [0.1, 0.15) is 154 Å². The summed E-state index contributed by atoms with van der Waals surface area (Å²) in [5.74, 6) is 0. The van der Waals surface area contributed by atoms with Gasteiger partial charge in [-0.15, -0.1) is 0 Å². The predicted octanol–water partition coefficient (Wildman–Crippen LogP) is 14.4. The molecule has 2 rings (SSSR count). The molecule has 47 heavy (non-hydrogen) atoms. The first kappa shape index (κ1) is 42.7. The number of nitrogens with zero attached hydrogens (tertiary/aromatic N) is 2. The van der Waals surface area contributed by atoms with Gasteiger partial charge in [-0.2, -0.15) is 0 Å². The topological polar surface area (TPSA) is 24.7 Å². The third-order valence-electron chi connectivity index (χ3n) is 8.46. The number of rotatable bonds is 26. The molecule has 0 amide bonds. The third-order valence-corrected chi connectivity index (χ3v) is 8.46. The van der Waals surface area contributed by atoms with Crippen molar-refractivity contribution < 1.29 is 20.4 Å². The quantitative estimate of drug-likeness (QED) is 0.0399. The van der Waals surface area contributed by atoms with Crippen LogP contribution in [0.4, 0.5) is 11.4 Å². The van der Waals surface area contributed by atoms with Crippen LogP contribution in [0.25, 0.3) is 0 Å². The molecule has 0 aromatic heterocycles. The summed E-state index contributed by atoms with van der Waals surface area (Å²) in [6, 6.07) is 17.5. The van der Waals surface area contributed by atoms with E-state index in [4.69, 9.17) is 9.98 Å². The molecule has 0 aliphatic heterocycles. The Morgan fingerprint density at radius 1 is 0.489 bits per heavy atom. The van der Waals surface area contributed by atoms with E-state index in [1.807, 2.05) is 0 Å². The molecular formula is C44H66N2Pd. The SMILES string of the molecule is CCCCC=CCCCc1ccccc1N=C(C=CCCCCC)C(CCCCC)=Nc1ccccc1CCCC=CCCCC.[Pd]. The molecule has 0 aliphatic rings. The van der Waals surface area contributed by atoms with Gasteiger partial charge in [0, 0.05) is 20.4 Å². The Morgan fingerprint density at radius 2 is 0.936 bits per heavy atom. The summed E-state index contributed by atoms with van der Waals surface area (Å²) in [7, 11) is 0. The number of aliphatic imine (C=N–C) groups is 2. The number of allylic oxidation sites excluding steroid dienone is 6. The Kier molecular flexibility index (Phi) is 27.0. The van der Waals surface area contributed by atoms with E-state index < -0.39 is 0 Å². The normalized spacial score (nSPS) is 12.5. The largest absolute Gasteiger partial charge is 0.251 e. The number of hydrogen-bond donors (Lipinski definition) is 0. The van der Waals surface area contributed by atoms with Crippen molar-refractivity contribution >= 4 is 22.8 Å². The van der Waals surface area contributed by atoms with E-state index in [0.717, 1.165) is 80.6 Å². The Morgan fingerprint density at radius 3 is 1.47 bits per heavy atom. The summed E-state index contributed by atoms with van der Waals surface area (Å²) in [6.07, 6.45) is 37.5. The van der Waals surface area contributed by atoms with Gasteiger partial charge in [-0.25, -0.2) is 4.99 Å². The van der Waals surface area contributed by atoms with Crippen LogP contribution in [0.2, 0.25) is 0 Å². The zero-order chi connectivity index (χ0) is 32.9. The van der Waals surface area contributed by atoms with Crippen LogP contribution in [-0.4, -0.2) is 11.4 Å². The minimum atomic E-state index is 0. The van der Waals surface area contributed by atoms with Gasteiger partial charge >= 0.3 is 0 Å². The molecule has 0 heterocycles. The second kappa shape index (κ2) is 29.8. The average molecular weight is 729 g/mol. The molecule has 2 aromatic carbocycles. The Balaban J connectivity index is 0.0000110. The summed E-state index contributed by atoms with van der Waals surface area (Å²) in [5.41, 5.74) is 7.04. The van der Waals surface area contributed by atoms with Crippen molar-refractivity contribution in [2.45, 2.75) is 156 Å². The second-order valence-corrected chi connectivity index (χ2v) is 12.7. The molecule has 0 atom stereocenters. The molecule has 0 bridgehead atoms. The summed E-state index contributed by atoms with van der Waals surface area (Å²) in [5, 5.41) is 0. The summed E-state index contributed by atoms with van der Waals surface area (Å²) < 4.78 is 0. The standard InChI is InChI=1S/C44H66N2.Pd/c1-5-9-13-16-18-21-24-31-39-33-27-29-35-41(39)45-43(37-23-12-8-4)44(38-26-20-15-11-7-3)46-42-36-30-28-34-40(42)32-25-22-19-17-14-10-6-2;/h16-19,26-30,33-36,38H,5-15,20-25,31-32,37H2,1-4H3;. The molecule has 0 fully saturated rings. The van der Waals surface area contributed by atoms with E-state index in [0.29, 0.717) is 0 Å². The number of unbranched alkanes of at least 4 members (excludes halogenated alkanes) is 11. The summed E-state index contributed by atoms with van der Waals surface area (Å²) in [4.78, 5) is 10.8. The van der Waals surface area contributed by atoms with Crippen molar-refractivity contribution in [1.29, 1.82) is 0 Å². The van der Waals surface area contributed by atoms with Gasteiger partial charge in [-0.1, -0.05) is 146 Å². The molecule has 0 spiro atoms. The Labute approximate surface area is 304 Å². The van der Waals surface area contributed by atoms with Gasteiger partial charge in [0.25, 0.3) is 0 Å². The van der Waals surface area contributed by atoms with Crippen molar-refractivity contribution in [3.8, 4) is 0 Å². The molecule has 262 valence electrons. The summed E-state index contributed by atoms with van der Waals surface area (Å²) in [6.45, 7) is 9.07. The van der Waals surface area contributed by atoms with E-state index in [1.165, 1.54) is 81.8 Å². The maximum Gasteiger partial charge on any atom is 0.0848 e. The zero-order valence-electron chi connectivity index (χ0n) is 30.4. The van der Waals surface area contributed by atoms with Crippen LogP contribution in [0, 0.1) is 0 Å². The minimum absolute atomic E-state index is 0. The van der Waals surface area contributed by atoms with E-state index in [9.17, 15) is 0 Å². The average Bonchev–Trinajstić information content (AvgIpc) is 3.07. The van der Waals surface area contributed by atoms with E-state index in [1.54, 1.807) is 0 Å². The monoisotopic (exact) mass is 728 g/mol. The molecule has 2 aromatic rings. The fourth-order valence-corrected chi connectivity index (χ4v) is 5.56. The van der Waals surface area contributed by atoms with E-state index in [2.05, 4.69) is 113 Å². The number of benzene rings is 2. The van der Waals surface area contributed by atoms with Crippen LogP contribution < -0.4 is 0 Å². The van der Waals surface area contributed by atoms with E-state index in [-0.39, 0.29) is 20.4 Å². The van der Waals surface area contributed by atoms with Crippen LogP contribution in [0.15, 0.2) is 95.0 Å². The van der Waals surface area contributed by atoms with Crippen LogP contribution in [0.3, 0.4) is 0 Å². The Hall–Kier alpha value is -2.34. The van der Waals surface area contributed by atoms with Gasteiger partial charge in [0.15, 0.2) is 0 Å². The number of hydrogen-bond acceptors (Lipinski definition) is 2. The van der Waals surface area contributed by atoms with E-state index >= 15 is 0 Å². The fourth-order valence-electron chi connectivity index (χ4n) is 5.56. The molecule has 2 nitrogen and oxygen atoms in total. The number of para-hydroxylation sites is 2. The van der Waals surface area contributed by atoms with Crippen LogP contribution >= 0.6 is 0 Å². The zero-order valence-corrected chi connectivity index (χ0v) is 32.0. The number of aryl methyl sites for hydroxylation is 2. The van der Waals surface area contributed by atoms with Crippen molar-refractivity contribution in [2.24, 2.45) is 9.98 Å². The van der Waals surface area contributed by atoms with Crippen molar-refractivity contribution in [3.05, 3.63) is 96.1 Å². The molecule has 0 radical (unpaired) electrons. The van der Waals surface area contributed by atoms with Crippen molar-refractivity contribution in [3.63, 3.8) is 0 Å². The maximum absolute atomic E-state index is 5.43. The van der Waals surface area contributed by atoms with Crippen molar-refractivity contribution in [1.82, 2.24) is 0 Å². The van der Waals surface area contributed by atoms with Gasteiger partial charge in [-0.3, -0.25) is 4.99 Å². The van der Waals surface area contributed by atoms with Gasteiger partial charge in [0.05, 0.1) is 22.8 Å².